The fraction of sp³-hybridized carbons (Fsp3) is 0.611. The molecule has 4 nitrogen and oxygen atoms in total. The standard InChI is InChI=1S/C18H29N3OS/c1-6-13-9-23-18(14(13)19)12(5)8-7-11(4)17-15(20)16(10(2)3)21-22-17/h9-12H,6-8,19-20H2,1-5H3. The topological polar surface area (TPSA) is 78.1 Å². The molecule has 0 spiro atoms. The Kier molecular flexibility index (Phi) is 5.74. The monoisotopic (exact) mass is 335 g/mol. The van der Waals surface area contributed by atoms with E-state index in [9.17, 15) is 0 Å². The zero-order chi connectivity index (χ0) is 17.1. The van der Waals surface area contributed by atoms with Gasteiger partial charge in [0.05, 0.1) is 5.69 Å². The highest BCUT2D eigenvalue weighted by molar-refractivity contribution is 7.10. The van der Waals surface area contributed by atoms with E-state index in [1.165, 1.54) is 10.4 Å². The largest absolute Gasteiger partial charge is 0.398 e. The third-order valence-corrected chi connectivity index (χ3v) is 5.86. The number of rotatable bonds is 7. The fourth-order valence-corrected chi connectivity index (χ4v) is 4.10. The van der Waals surface area contributed by atoms with Crippen LogP contribution in [0.15, 0.2) is 9.90 Å². The predicted molar refractivity (Wildman–Crippen MR) is 99.2 cm³/mol. The van der Waals surface area contributed by atoms with Crippen LogP contribution in [0.3, 0.4) is 0 Å². The van der Waals surface area contributed by atoms with Gasteiger partial charge in [0.1, 0.15) is 5.69 Å². The van der Waals surface area contributed by atoms with E-state index in [1.54, 1.807) is 11.3 Å². The van der Waals surface area contributed by atoms with Crippen LogP contribution in [-0.2, 0) is 6.42 Å². The lowest BCUT2D eigenvalue weighted by Crippen LogP contribution is -2.02. The maximum Gasteiger partial charge on any atom is 0.162 e. The van der Waals surface area contributed by atoms with Gasteiger partial charge in [-0.3, -0.25) is 0 Å². The molecule has 2 aromatic rings. The molecule has 2 rings (SSSR count). The molecule has 0 saturated heterocycles. The van der Waals surface area contributed by atoms with Gasteiger partial charge in [-0.25, -0.2) is 0 Å². The molecular weight excluding hydrogens is 306 g/mol. The molecule has 0 radical (unpaired) electrons. The molecule has 0 aliphatic rings. The van der Waals surface area contributed by atoms with Crippen LogP contribution in [-0.4, -0.2) is 5.16 Å². The molecule has 0 amide bonds. The smallest absolute Gasteiger partial charge is 0.162 e. The van der Waals surface area contributed by atoms with Crippen molar-refractivity contribution in [3.63, 3.8) is 0 Å². The maximum absolute atomic E-state index is 6.25. The average Bonchev–Trinajstić information content (AvgIpc) is 3.07. The van der Waals surface area contributed by atoms with Crippen molar-refractivity contribution in [1.82, 2.24) is 5.16 Å². The first kappa shape index (κ1) is 17.9. The molecule has 2 aromatic heterocycles. The summed E-state index contributed by atoms with van der Waals surface area (Å²) in [4.78, 5) is 1.31. The molecule has 5 heteroatoms. The Bertz CT molecular complexity index is 645. The van der Waals surface area contributed by atoms with Crippen LogP contribution in [0.4, 0.5) is 11.4 Å². The van der Waals surface area contributed by atoms with Crippen molar-refractivity contribution >= 4 is 22.7 Å². The van der Waals surface area contributed by atoms with Crippen molar-refractivity contribution < 1.29 is 4.52 Å². The number of aromatic nitrogens is 1. The highest BCUT2D eigenvalue weighted by atomic mass is 32.1. The Morgan fingerprint density at radius 3 is 2.26 bits per heavy atom. The summed E-state index contributed by atoms with van der Waals surface area (Å²) in [5, 5.41) is 6.32. The lowest BCUT2D eigenvalue weighted by atomic mass is 9.93. The van der Waals surface area contributed by atoms with Gasteiger partial charge in [0.15, 0.2) is 5.76 Å². The molecule has 0 aliphatic heterocycles. The number of nitrogen functional groups attached to an aromatic ring is 2. The highest BCUT2D eigenvalue weighted by Gasteiger charge is 2.22. The molecule has 0 aliphatic carbocycles. The second kappa shape index (κ2) is 7.39. The minimum Gasteiger partial charge on any atom is -0.398 e. The Morgan fingerprint density at radius 1 is 1.09 bits per heavy atom. The van der Waals surface area contributed by atoms with Crippen molar-refractivity contribution in [3.05, 3.63) is 27.3 Å². The summed E-state index contributed by atoms with van der Waals surface area (Å²) in [7, 11) is 0. The Hall–Kier alpha value is -1.49. The summed E-state index contributed by atoms with van der Waals surface area (Å²) in [6.07, 6.45) is 3.07. The van der Waals surface area contributed by atoms with Gasteiger partial charge in [0.25, 0.3) is 0 Å². The zero-order valence-corrected chi connectivity index (χ0v) is 15.7. The van der Waals surface area contributed by atoms with Crippen molar-refractivity contribution in [2.24, 2.45) is 0 Å². The molecule has 0 bridgehead atoms. The van der Waals surface area contributed by atoms with Crippen molar-refractivity contribution in [3.8, 4) is 0 Å². The quantitative estimate of drug-likeness (QED) is 0.722. The number of aryl methyl sites for hydroxylation is 1. The van der Waals surface area contributed by atoms with Gasteiger partial charge in [-0.1, -0.05) is 39.8 Å². The Labute approximate surface area is 143 Å². The molecule has 2 unspecified atom stereocenters. The van der Waals surface area contributed by atoms with E-state index in [4.69, 9.17) is 16.0 Å². The Balaban J connectivity index is 2.01. The van der Waals surface area contributed by atoms with Gasteiger partial charge in [0.2, 0.25) is 0 Å². The van der Waals surface area contributed by atoms with Gasteiger partial charge >= 0.3 is 0 Å². The molecule has 128 valence electrons. The molecule has 0 fully saturated rings. The number of hydrogen-bond acceptors (Lipinski definition) is 5. The number of nitrogens with two attached hydrogens (primary N) is 2. The van der Waals surface area contributed by atoms with E-state index in [1.807, 2.05) is 0 Å². The summed E-state index contributed by atoms with van der Waals surface area (Å²) >= 11 is 1.78. The average molecular weight is 336 g/mol. The first-order valence-corrected chi connectivity index (χ1v) is 9.35. The van der Waals surface area contributed by atoms with Crippen LogP contribution in [0, 0.1) is 0 Å². The lowest BCUT2D eigenvalue weighted by molar-refractivity contribution is 0.350. The summed E-state index contributed by atoms with van der Waals surface area (Å²) in [5.74, 6) is 1.84. The summed E-state index contributed by atoms with van der Waals surface area (Å²) < 4.78 is 5.50. The maximum atomic E-state index is 6.25. The van der Waals surface area contributed by atoms with Crippen molar-refractivity contribution in [1.29, 1.82) is 0 Å². The Morgan fingerprint density at radius 2 is 1.74 bits per heavy atom. The first-order valence-electron chi connectivity index (χ1n) is 8.47. The fourth-order valence-electron chi connectivity index (χ4n) is 2.93. The molecule has 23 heavy (non-hydrogen) atoms. The van der Waals surface area contributed by atoms with E-state index >= 15 is 0 Å². The van der Waals surface area contributed by atoms with Gasteiger partial charge in [-0.2, -0.15) is 0 Å². The summed E-state index contributed by atoms with van der Waals surface area (Å²) in [5.41, 5.74) is 16.3. The van der Waals surface area contributed by atoms with Gasteiger partial charge in [-0.15, -0.1) is 11.3 Å². The summed E-state index contributed by atoms with van der Waals surface area (Å²) in [6, 6.07) is 0. The van der Waals surface area contributed by atoms with Crippen LogP contribution in [0.5, 0.6) is 0 Å². The van der Waals surface area contributed by atoms with E-state index in [2.05, 4.69) is 45.2 Å². The zero-order valence-electron chi connectivity index (χ0n) is 14.8. The number of nitrogens with zero attached hydrogens (tertiary/aromatic N) is 1. The highest BCUT2D eigenvalue weighted by Crippen LogP contribution is 2.38. The van der Waals surface area contributed by atoms with Gasteiger partial charge in [-0.05, 0) is 36.1 Å². The lowest BCUT2D eigenvalue weighted by Gasteiger charge is -2.14. The number of hydrogen-bond donors (Lipinski definition) is 2. The second-order valence-corrected chi connectivity index (χ2v) is 7.68. The van der Waals surface area contributed by atoms with Crippen molar-refractivity contribution in [2.75, 3.05) is 11.5 Å². The van der Waals surface area contributed by atoms with Crippen molar-refractivity contribution in [2.45, 2.75) is 71.6 Å². The minimum atomic E-state index is 0.268. The molecule has 0 saturated carbocycles. The first-order chi connectivity index (χ1) is 10.9. The number of thiophene rings is 1. The van der Waals surface area contributed by atoms with Crippen LogP contribution < -0.4 is 11.5 Å². The minimum absolute atomic E-state index is 0.268. The number of anilines is 2. The normalized spacial score (nSPS) is 14.3. The van der Waals surface area contributed by atoms with Crippen LogP contribution in [0.2, 0.25) is 0 Å². The third kappa shape index (κ3) is 3.71. The SMILES string of the molecule is CCc1csc(C(C)CCC(C)c2onc(C(C)C)c2N)c1N. The summed E-state index contributed by atoms with van der Waals surface area (Å²) in [6.45, 7) is 10.7. The van der Waals surface area contributed by atoms with Crippen LogP contribution >= 0.6 is 11.3 Å². The predicted octanol–water partition coefficient (Wildman–Crippen LogP) is 5.27. The molecule has 0 aromatic carbocycles. The molecule has 2 atom stereocenters. The molecule has 2 heterocycles. The van der Waals surface area contributed by atoms with Gasteiger partial charge < -0.3 is 16.0 Å². The third-order valence-electron chi connectivity index (χ3n) is 4.58. The van der Waals surface area contributed by atoms with Crippen LogP contribution in [0.25, 0.3) is 0 Å². The van der Waals surface area contributed by atoms with E-state index in [0.29, 0.717) is 5.92 Å². The second-order valence-electron chi connectivity index (χ2n) is 6.77. The van der Waals surface area contributed by atoms with E-state index < -0.39 is 0 Å². The van der Waals surface area contributed by atoms with E-state index in [-0.39, 0.29) is 11.8 Å². The van der Waals surface area contributed by atoms with Crippen LogP contribution in [0.1, 0.15) is 87.1 Å². The molecular formula is C18H29N3OS. The van der Waals surface area contributed by atoms with E-state index in [0.717, 1.165) is 42.1 Å². The van der Waals surface area contributed by atoms with Gasteiger partial charge in [0, 0.05) is 22.4 Å². The molecule has 4 N–H and O–H groups in total.